The molecule has 0 bridgehead atoms. The predicted octanol–water partition coefficient (Wildman–Crippen LogP) is 4.25. The first-order valence-electron chi connectivity index (χ1n) is 7.91. The van der Waals surface area contributed by atoms with Crippen LogP contribution >= 0.6 is 35.0 Å². The van der Waals surface area contributed by atoms with Crippen LogP contribution in [-0.2, 0) is 9.47 Å². The van der Waals surface area contributed by atoms with Gasteiger partial charge < -0.3 is 9.47 Å². The van der Waals surface area contributed by atoms with Gasteiger partial charge in [0, 0.05) is 15.2 Å². The van der Waals surface area contributed by atoms with Gasteiger partial charge in [0.1, 0.15) is 0 Å². The first-order valence-corrected chi connectivity index (χ1v) is 9.60. The van der Waals surface area contributed by atoms with Crippen LogP contribution in [0.2, 0.25) is 5.02 Å². The molecule has 6 nitrogen and oxygen atoms in total. The largest absolute Gasteiger partial charge is 0.448 e. The highest BCUT2D eigenvalue weighted by atomic mass is 35.5. The number of hydrazine groups is 1. The quantitative estimate of drug-likeness (QED) is 0.699. The van der Waals surface area contributed by atoms with Gasteiger partial charge in [0.2, 0.25) is 0 Å². The monoisotopic (exact) mass is 406 g/mol. The summed E-state index contributed by atoms with van der Waals surface area (Å²) in [5.74, 6) is 0. The maximum Gasteiger partial charge on any atom is 0.428 e. The van der Waals surface area contributed by atoms with E-state index in [0.717, 1.165) is 4.90 Å². The summed E-state index contributed by atoms with van der Waals surface area (Å²) in [5, 5.41) is 2.65. The van der Waals surface area contributed by atoms with Gasteiger partial charge in [-0.3, -0.25) is 0 Å². The molecule has 2 atom stereocenters. The van der Waals surface area contributed by atoms with Gasteiger partial charge in [-0.2, -0.15) is 0 Å². The lowest BCUT2D eigenvalue weighted by Crippen LogP contribution is -2.60. The third-order valence-corrected chi connectivity index (χ3v) is 5.62. The second kappa shape index (κ2) is 9.40. The Morgan fingerprint density at radius 2 is 1.60 bits per heavy atom. The molecule has 0 spiro atoms. The number of thioether (sulfide) groups is 1. The van der Waals surface area contributed by atoms with E-state index in [0.29, 0.717) is 5.02 Å². The van der Waals surface area contributed by atoms with Crippen molar-refractivity contribution >= 4 is 47.2 Å². The lowest BCUT2D eigenvalue weighted by atomic mass is 10.2. The molecule has 0 saturated carbocycles. The third kappa shape index (κ3) is 5.33. The summed E-state index contributed by atoms with van der Waals surface area (Å²) < 4.78 is 10.1. The number of amides is 2. The number of rotatable bonds is 4. The average molecular weight is 407 g/mol. The minimum Gasteiger partial charge on any atom is -0.448 e. The van der Waals surface area contributed by atoms with E-state index < -0.39 is 12.2 Å². The van der Waals surface area contributed by atoms with Gasteiger partial charge in [-0.05, 0) is 38.1 Å². The van der Waals surface area contributed by atoms with E-state index in [2.05, 4.69) is 0 Å². The van der Waals surface area contributed by atoms with Crippen molar-refractivity contribution in [1.82, 2.24) is 10.0 Å². The van der Waals surface area contributed by atoms with Crippen molar-refractivity contribution in [1.29, 1.82) is 0 Å². The zero-order valence-corrected chi connectivity index (χ0v) is 16.3. The van der Waals surface area contributed by atoms with Crippen LogP contribution in [0.5, 0.6) is 0 Å². The van der Waals surface area contributed by atoms with Crippen LogP contribution in [0.25, 0.3) is 0 Å². The zero-order valence-electron chi connectivity index (χ0n) is 14.0. The number of nitrogens with zero attached hydrogens (tertiary/aromatic N) is 2. The number of ether oxygens (including phenoxy) is 2. The van der Waals surface area contributed by atoms with E-state index in [1.165, 1.54) is 21.8 Å². The lowest BCUT2D eigenvalue weighted by Gasteiger charge is -2.42. The highest BCUT2D eigenvalue weighted by Gasteiger charge is 2.40. The Bertz CT molecular complexity index is 602. The first-order chi connectivity index (χ1) is 12.0. The molecule has 1 fully saturated rings. The Morgan fingerprint density at radius 3 is 2.12 bits per heavy atom. The topological polar surface area (TPSA) is 59.1 Å². The fourth-order valence-electron chi connectivity index (χ4n) is 2.31. The molecule has 25 heavy (non-hydrogen) atoms. The van der Waals surface area contributed by atoms with E-state index in [-0.39, 0.29) is 36.9 Å². The van der Waals surface area contributed by atoms with E-state index in [4.69, 9.17) is 32.7 Å². The Morgan fingerprint density at radius 1 is 1.08 bits per heavy atom. The molecule has 0 aliphatic carbocycles. The highest BCUT2D eigenvalue weighted by molar-refractivity contribution is 8.00. The summed E-state index contributed by atoms with van der Waals surface area (Å²) in [4.78, 5) is 25.4. The fraction of sp³-hybridized carbons (Fsp3) is 0.500. The number of alkyl halides is 1. The minimum absolute atomic E-state index is 0.113. The van der Waals surface area contributed by atoms with E-state index in [1.807, 2.05) is 12.1 Å². The van der Waals surface area contributed by atoms with Crippen molar-refractivity contribution in [2.75, 3.05) is 26.3 Å². The lowest BCUT2D eigenvalue weighted by molar-refractivity contribution is -0.0330. The van der Waals surface area contributed by atoms with Crippen LogP contribution in [0.1, 0.15) is 13.8 Å². The number of carbonyl (C=O) groups is 2. The van der Waals surface area contributed by atoms with Crippen LogP contribution in [0.15, 0.2) is 29.2 Å². The second-order valence-corrected chi connectivity index (χ2v) is 7.50. The molecule has 1 aliphatic heterocycles. The molecule has 1 aromatic carbocycles. The van der Waals surface area contributed by atoms with Gasteiger partial charge in [-0.1, -0.05) is 11.6 Å². The van der Waals surface area contributed by atoms with Gasteiger partial charge in [-0.15, -0.1) is 23.4 Å². The van der Waals surface area contributed by atoms with Crippen LogP contribution in [0.3, 0.4) is 0 Å². The number of benzene rings is 1. The molecule has 138 valence electrons. The number of hydrogen-bond donors (Lipinski definition) is 0. The Hall–Kier alpha value is -1.31. The molecular formula is C16H20Cl2N2O4S. The molecule has 2 rings (SSSR count). The Labute approximate surface area is 161 Å². The van der Waals surface area contributed by atoms with Crippen molar-refractivity contribution in [2.45, 2.75) is 29.4 Å². The number of carbonyl (C=O) groups excluding carboxylic acids is 2. The Balaban J connectivity index is 2.14. The maximum absolute atomic E-state index is 12.3. The molecule has 1 saturated heterocycles. The third-order valence-electron chi connectivity index (χ3n) is 3.45. The molecule has 0 aromatic heterocycles. The SMILES string of the molecule is CCOC(=O)N1CC(Cl)C(Sc2ccc(Cl)cc2)CN1C(=O)OCC. The van der Waals surface area contributed by atoms with Crippen LogP contribution in [0.4, 0.5) is 9.59 Å². The van der Waals surface area contributed by atoms with Crippen molar-refractivity contribution in [3.8, 4) is 0 Å². The normalized spacial score (nSPS) is 20.3. The molecule has 2 unspecified atom stereocenters. The summed E-state index contributed by atoms with van der Waals surface area (Å²) in [6.07, 6.45) is -1.21. The molecule has 2 amide bonds. The standard InChI is InChI=1S/C16H20Cl2N2O4S/c1-3-23-15(21)19-9-13(18)14(10-20(19)16(22)24-4-2)25-12-7-5-11(17)6-8-12/h5-8,13-14H,3-4,9-10H2,1-2H3. The molecule has 1 aliphatic rings. The molecule has 9 heteroatoms. The van der Waals surface area contributed by atoms with Crippen LogP contribution in [0, 0.1) is 0 Å². The van der Waals surface area contributed by atoms with E-state index in [1.54, 1.807) is 26.0 Å². The van der Waals surface area contributed by atoms with Crippen molar-refractivity contribution in [2.24, 2.45) is 0 Å². The van der Waals surface area contributed by atoms with Crippen LogP contribution < -0.4 is 0 Å². The zero-order chi connectivity index (χ0) is 18.4. The first kappa shape index (κ1) is 20.0. The van der Waals surface area contributed by atoms with E-state index in [9.17, 15) is 9.59 Å². The number of halogens is 2. The Kier molecular flexibility index (Phi) is 7.53. The number of hydrogen-bond acceptors (Lipinski definition) is 5. The fourth-order valence-corrected chi connectivity index (χ4v) is 3.89. The minimum atomic E-state index is -0.615. The van der Waals surface area contributed by atoms with Gasteiger partial charge in [-0.25, -0.2) is 19.6 Å². The van der Waals surface area contributed by atoms with Crippen molar-refractivity contribution < 1.29 is 19.1 Å². The van der Waals surface area contributed by atoms with Crippen LogP contribution in [-0.4, -0.2) is 59.1 Å². The summed E-state index contributed by atoms with van der Waals surface area (Å²) >= 11 is 13.9. The van der Waals surface area contributed by atoms with Gasteiger partial charge in [0.05, 0.1) is 31.7 Å². The summed E-state index contributed by atoms with van der Waals surface area (Å²) in [6, 6.07) is 7.38. The highest BCUT2D eigenvalue weighted by Crippen LogP contribution is 2.33. The van der Waals surface area contributed by atoms with Crippen molar-refractivity contribution in [3.05, 3.63) is 29.3 Å². The molecular weight excluding hydrogens is 387 g/mol. The van der Waals surface area contributed by atoms with Gasteiger partial charge in [0.25, 0.3) is 0 Å². The van der Waals surface area contributed by atoms with Gasteiger partial charge in [0.15, 0.2) is 0 Å². The van der Waals surface area contributed by atoms with Crippen molar-refractivity contribution in [3.63, 3.8) is 0 Å². The maximum atomic E-state index is 12.3. The van der Waals surface area contributed by atoms with E-state index >= 15 is 0 Å². The smallest absolute Gasteiger partial charge is 0.428 e. The predicted molar refractivity (Wildman–Crippen MR) is 98.2 cm³/mol. The average Bonchev–Trinajstić information content (AvgIpc) is 2.58. The molecule has 0 N–H and O–H groups in total. The molecule has 0 radical (unpaired) electrons. The summed E-state index contributed by atoms with van der Waals surface area (Å²) in [5.41, 5.74) is 0. The summed E-state index contributed by atoms with van der Waals surface area (Å²) in [7, 11) is 0. The summed E-state index contributed by atoms with van der Waals surface area (Å²) in [6.45, 7) is 4.23. The molecule has 1 aromatic rings. The second-order valence-electron chi connectivity index (χ2n) is 5.19. The molecule has 1 heterocycles. The van der Waals surface area contributed by atoms with Gasteiger partial charge >= 0.3 is 12.2 Å².